The van der Waals surface area contributed by atoms with E-state index in [-0.39, 0.29) is 12.0 Å². The summed E-state index contributed by atoms with van der Waals surface area (Å²) in [5.74, 6) is 0.706. The molecule has 0 spiro atoms. The van der Waals surface area contributed by atoms with E-state index in [1.54, 1.807) is 12.4 Å². The monoisotopic (exact) mass is 318 g/mol. The summed E-state index contributed by atoms with van der Waals surface area (Å²) in [6.45, 7) is 4.58. The number of ether oxygens (including phenoxy) is 1. The first kappa shape index (κ1) is 16.2. The third kappa shape index (κ3) is 3.99. The Morgan fingerprint density at radius 3 is 2.91 bits per heavy atom. The van der Waals surface area contributed by atoms with Gasteiger partial charge >= 0.3 is 0 Å². The van der Waals surface area contributed by atoms with Gasteiger partial charge in [0.2, 0.25) is 0 Å². The topological polar surface area (TPSA) is 67.4 Å². The zero-order valence-electron chi connectivity index (χ0n) is 13.8. The van der Waals surface area contributed by atoms with Crippen molar-refractivity contribution in [1.29, 1.82) is 0 Å². The van der Waals surface area contributed by atoms with Crippen LogP contribution in [0.5, 0.6) is 0 Å². The number of nitrogens with one attached hydrogen (secondary N) is 1. The number of hydrogen-bond acceptors (Lipinski definition) is 5. The molecule has 6 heteroatoms. The van der Waals surface area contributed by atoms with Gasteiger partial charge in [0.05, 0.1) is 18.5 Å². The Labute approximate surface area is 137 Å². The zero-order chi connectivity index (χ0) is 16.1. The SMILES string of the molecule is CCC1CCCCN1c1cnc(C(=O)NCC2CCCO2)cn1. The van der Waals surface area contributed by atoms with E-state index in [9.17, 15) is 4.79 Å². The summed E-state index contributed by atoms with van der Waals surface area (Å²) in [7, 11) is 0. The highest BCUT2D eigenvalue weighted by Crippen LogP contribution is 2.24. The number of aromatic nitrogens is 2. The van der Waals surface area contributed by atoms with E-state index in [0.29, 0.717) is 18.3 Å². The Morgan fingerprint density at radius 2 is 2.22 bits per heavy atom. The van der Waals surface area contributed by atoms with E-state index in [0.717, 1.165) is 38.2 Å². The van der Waals surface area contributed by atoms with Gasteiger partial charge in [-0.3, -0.25) is 4.79 Å². The van der Waals surface area contributed by atoms with Gasteiger partial charge in [-0.1, -0.05) is 6.92 Å². The number of hydrogen-bond donors (Lipinski definition) is 1. The molecule has 1 N–H and O–H groups in total. The molecule has 3 rings (SSSR count). The molecule has 2 aliphatic heterocycles. The molecule has 2 atom stereocenters. The van der Waals surface area contributed by atoms with Gasteiger partial charge in [-0.25, -0.2) is 9.97 Å². The maximum absolute atomic E-state index is 12.1. The van der Waals surface area contributed by atoms with Crippen LogP contribution >= 0.6 is 0 Å². The third-order valence-electron chi connectivity index (χ3n) is 4.78. The van der Waals surface area contributed by atoms with Crippen molar-refractivity contribution in [2.24, 2.45) is 0 Å². The van der Waals surface area contributed by atoms with Crippen LogP contribution in [0.15, 0.2) is 12.4 Å². The number of carbonyl (C=O) groups excluding carboxylic acids is 1. The lowest BCUT2D eigenvalue weighted by Crippen LogP contribution is -2.39. The molecule has 0 bridgehead atoms. The van der Waals surface area contributed by atoms with Crippen molar-refractivity contribution in [2.75, 3.05) is 24.6 Å². The lowest BCUT2D eigenvalue weighted by molar-refractivity contribution is 0.0853. The third-order valence-corrected chi connectivity index (χ3v) is 4.78. The van der Waals surface area contributed by atoms with Gasteiger partial charge < -0.3 is 15.0 Å². The summed E-state index contributed by atoms with van der Waals surface area (Å²) in [4.78, 5) is 23.2. The summed E-state index contributed by atoms with van der Waals surface area (Å²) < 4.78 is 5.50. The second kappa shape index (κ2) is 7.73. The highest BCUT2D eigenvalue weighted by molar-refractivity contribution is 5.92. The van der Waals surface area contributed by atoms with E-state index < -0.39 is 0 Å². The molecule has 23 heavy (non-hydrogen) atoms. The van der Waals surface area contributed by atoms with E-state index in [4.69, 9.17) is 4.74 Å². The molecule has 0 saturated carbocycles. The van der Waals surface area contributed by atoms with Crippen molar-refractivity contribution >= 4 is 11.7 Å². The molecule has 0 aliphatic carbocycles. The average molecular weight is 318 g/mol. The number of anilines is 1. The zero-order valence-corrected chi connectivity index (χ0v) is 13.8. The summed E-state index contributed by atoms with van der Waals surface area (Å²) >= 11 is 0. The summed E-state index contributed by atoms with van der Waals surface area (Å²) in [6, 6.07) is 0.539. The molecule has 1 amide bonds. The predicted octanol–water partition coefficient (Wildman–Crippen LogP) is 2.15. The Bertz CT molecular complexity index is 514. The van der Waals surface area contributed by atoms with Gasteiger partial charge in [0, 0.05) is 25.7 Å². The van der Waals surface area contributed by atoms with Gasteiger partial charge in [0.1, 0.15) is 11.5 Å². The first-order chi connectivity index (χ1) is 11.3. The molecular weight excluding hydrogens is 292 g/mol. The Morgan fingerprint density at radius 1 is 1.30 bits per heavy atom. The molecule has 6 nitrogen and oxygen atoms in total. The normalized spacial score (nSPS) is 24.7. The van der Waals surface area contributed by atoms with Crippen molar-refractivity contribution in [3.63, 3.8) is 0 Å². The number of rotatable bonds is 5. The standard InChI is InChI=1S/C17H26N4O2/c1-2-13-6-3-4-8-21(13)16-12-18-15(11-19-16)17(22)20-10-14-7-5-9-23-14/h11-14H,2-10H2,1H3,(H,20,22). The van der Waals surface area contributed by atoms with Crippen LogP contribution in [0.25, 0.3) is 0 Å². The largest absolute Gasteiger partial charge is 0.376 e. The molecule has 2 saturated heterocycles. The second-order valence-corrected chi connectivity index (χ2v) is 6.36. The van der Waals surface area contributed by atoms with Crippen molar-refractivity contribution in [1.82, 2.24) is 15.3 Å². The van der Waals surface area contributed by atoms with Gasteiger partial charge in [-0.15, -0.1) is 0 Å². The fourth-order valence-electron chi connectivity index (χ4n) is 3.42. The van der Waals surface area contributed by atoms with Crippen LogP contribution in [0.4, 0.5) is 5.82 Å². The van der Waals surface area contributed by atoms with Gasteiger partial charge in [-0.2, -0.15) is 0 Å². The number of amides is 1. The summed E-state index contributed by atoms with van der Waals surface area (Å²) in [5, 5.41) is 2.88. The molecule has 0 aromatic carbocycles. The van der Waals surface area contributed by atoms with E-state index in [1.807, 2.05) is 0 Å². The molecule has 0 radical (unpaired) electrons. The smallest absolute Gasteiger partial charge is 0.271 e. The van der Waals surface area contributed by atoms with Crippen LogP contribution < -0.4 is 10.2 Å². The maximum atomic E-state index is 12.1. The predicted molar refractivity (Wildman–Crippen MR) is 88.6 cm³/mol. The molecule has 1 aromatic heterocycles. The Hall–Kier alpha value is -1.69. The fourth-order valence-corrected chi connectivity index (χ4v) is 3.42. The minimum Gasteiger partial charge on any atom is -0.376 e. The first-order valence-electron chi connectivity index (χ1n) is 8.76. The van der Waals surface area contributed by atoms with Crippen LogP contribution in [0, 0.1) is 0 Å². The number of piperidine rings is 1. The number of nitrogens with zero attached hydrogens (tertiary/aromatic N) is 3. The Balaban J connectivity index is 1.58. The van der Waals surface area contributed by atoms with Crippen LogP contribution in [0.2, 0.25) is 0 Å². The Kier molecular flexibility index (Phi) is 5.43. The van der Waals surface area contributed by atoms with Gasteiger partial charge in [-0.05, 0) is 38.5 Å². The van der Waals surface area contributed by atoms with E-state index in [2.05, 4.69) is 27.1 Å². The lowest BCUT2D eigenvalue weighted by atomic mass is 10.0. The summed E-state index contributed by atoms with van der Waals surface area (Å²) in [6.07, 6.45) is 10.4. The average Bonchev–Trinajstić information content (AvgIpc) is 3.13. The van der Waals surface area contributed by atoms with Crippen molar-refractivity contribution in [3.05, 3.63) is 18.1 Å². The quantitative estimate of drug-likeness (QED) is 0.901. The van der Waals surface area contributed by atoms with E-state index >= 15 is 0 Å². The minimum atomic E-state index is -0.176. The van der Waals surface area contributed by atoms with Crippen LogP contribution in [0.3, 0.4) is 0 Å². The second-order valence-electron chi connectivity index (χ2n) is 6.36. The van der Waals surface area contributed by atoms with Crippen molar-refractivity contribution < 1.29 is 9.53 Å². The molecule has 1 aromatic rings. The first-order valence-corrected chi connectivity index (χ1v) is 8.76. The van der Waals surface area contributed by atoms with E-state index in [1.165, 1.54) is 19.3 Å². The molecular formula is C17H26N4O2. The molecule has 126 valence electrons. The molecule has 2 aliphatic rings. The van der Waals surface area contributed by atoms with Gasteiger partial charge in [0.25, 0.3) is 5.91 Å². The highest BCUT2D eigenvalue weighted by atomic mass is 16.5. The van der Waals surface area contributed by atoms with Gasteiger partial charge in [0.15, 0.2) is 0 Å². The molecule has 2 unspecified atom stereocenters. The molecule has 3 heterocycles. The van der Waals surface area contributed by atoms with Crippen LogP contribution in [-0.2, 0) is 4.74 Å². The van der Waals surface area contributed by atoms with Crippen LogP contribution in [0.1, 0.15) is 55.9 Å². The minimum absolute atomic E-state index is 0.143. The highest BCUT2D eigenvalue weighted by Gasteiger charge is 2.23. The van der Waals surface area contributed by atoms with Crippen molar-refractivity contribution in [2.45, 2.75) is 57.6 Å². The lowest BCUT2D eigenvalue weighted by Gasteiger charge is -2.35. The molecule has 2 fully saturated rings. The number of carbonyl (C=O) groups is 1. The van der Waals surface area contributed by atoms with Crippen molar-refractivity contribution in [3.8, 4) is 0 Å². The fraction of sp³-hybridized carbons (Fsp3) is 0.706. The van der Waals surface area contributed by atoms with Crippen LogP contribution in [-0.4, -0.2) is 47.7 Å². The maximum Gasteiger partial charge on any atom is 0.271 e. The summed E-state index contributed by atoms with van der Waals surface area (Å²) in [5.41, 5.74) is 0.372.